The zero-order chi connectivity index (χ0) is 42.6. The van der Waals surface area contributed by atoms with Gasteiger partial charge in [-0.1, -0.05) is 44.4 Å². The van der Waals surface area contributed by atoms with E-state index >= 15 is 4.79 Å². The van der Waals surface area contributed by atoms with E-state index < -0.39 is 68.6 Å². The van der Waals surface area contributed by atoms with E-state index in [1.165, 1.54) is 4.90 Å². The number of hydrogen-bond donors (Lipinski definition) is 1. The van der Waals surface area contributed by atoms with Crippen LogP contribution in [0.15, 0.2) is 54.2 Å². The number of thiophene rings is 1. The summed E-state index contributed by atoms with van der Waals surface area (Å²) in [5, 5.41) is 21.7. The lowest BCUT2D eigenvalue weighted by Crippen LogP contribution is -2.68. The number of carboxylic acid groups (broad SMARTS) is 1. The minimum atomic E-state index is -4.90. The highest BCUT2D eigenvalue weighted by Crippen LogP contribution is 2.46. The summed E-state index contributed by atoms with van der Waals surface area (Å²) in [5.74, 6) is -2.29. The summed E-state index contributed by atoms with van der Waals surface area (Å²) in [7, 11) is 0. The van der Waals surface area contributed by atoms with Gasteiger partial charge in [0.1, 0.15) is 16.4 Å². The van der Waals surface area contributed by atoms with E-state index in [-0.39, 0.29) is 64.1 Å². The number of nitrogens with zero attached hydrogens (tertiary/aromatic N) is 4. The van der Waals surface area contributed by atoms with E-state index in [1.54, 1.807) is 31.2 Å². The first-order valence-electron chi connectivity index (χ1n) is 19.8. The van der Waals surface area contributed by atoms with Gasteiger partial charge in [-0.2, -0.15) is 31.6 Å². The zero-order valence-corrected chi connectivity index (χ0v) is 33.4. The maximum atomic E-state index is 15.1. The van der Waals surface area contributed by atoms with Crippen LogP contribution in [0.2, 0.25) is 0 Å². The monoisotopic (exact) mass is 848 g/mol. The van der Waals surface area contributed by atoms with Crippen molar-refractivity contribution in [2.75, 3.05) is 26.2 Å². The van der Waals surface area contributed by atoms with Crippen molar-refractivity contribution in [1.29, 1.82) is 5.26 Å². The molecule has 2 aliphatic heterocycles. The van der Waals surface area contributed by atoms with E-state index in [4.69, 9.17) is 9.47 Å². The Morgan fingerprint density at radius 1 is 0.983 bits per heavy atom. The molecule has 4 heterocycles. The van der Waals surface area contributed by atoms with E-state index in [0.29, 0.717) is 60.8 Å². The molecule has 2 amide bonds. The second kappa shape index (κ2) is 17.4. The molecule has 10 nitrogen and oxygen atoms in total. The van der Waals surface area contributed by atoms with Crippen LogP contribution in [0, 0.1) is 16.7 Å². The van der Waals surface area contributed by atoms with Crippen LogP contribution in [-0.2, 0) is 27.4 Å². The number of nitriles is 1. The highest BCUT2D eigenvalue weighted by atomic mass is 32.1. The summed E-state index contributed by atoms with van der Waals surface area (Å²) < 4.78 is 96.2. The lowest BCUT2D eigenvalue weighted by molar-refractivity contribution is -0.160. The largest absolute Gasteiger partial charge is 0.493 e. The van der Waals surface area contributed by atoms with Crippen LogP contribution in [0.5, 0.6) is 11.5 Å². The van der Waals surface area contributed by atoms with Gasteiger partial charge in [0.25, 0.3) is 11.8 Å². The highest BCUT2D eigenvalue weighted by molar-refractivity contribution is 7.10. The molecule has 0 unspecified atom stereocenters. The normalized spacial score (nSPS) is 21.8. The molecule has 318 valence electrons. The number of carbonyl (C=O) groups excluding carboxylic acids is 2. The molecule has 59 heavy (non-hydrogen) atoms. The number of carbonyl (C=O) groups is 3. The summed E-state index contributed by atoms with van der Waals surface area (Å²) in [6.45, 7) is 1.96. The van der Waals surface area contributed by atoms with Gasteiger partial charge in [-0.15, -0.1) is 11.3 Å². The van der Waals surface area contributed by atoms with Crippen LogP contribution in [0.25, 0.3) is 0 Å². The molecule has 6 rings (SSSR count). The average Bonchev–Trinajstić information content (AvgIpc) is 3.91. The fourth-order valence-electron chi connectivity index (χ4n) is 9.11. The minimum Gasteiger partial charge on any atom is -0.493 e. The van der Waals surface area contributed by atoms with E-state index in [0.717, 1.165) is 41.6 Å². The molecule has 3 fully saturated rings. The van der Waals surface area contributed by atoms with Crippen molar-refractivity contribution in [2.45, 2.75) is 113 Å². The zero-order valence-electron chi connectivity index (χ0n) is 32.5. The van der Waals surface area contributed by atoms with Gasteiger partial charge < -0.3 is 24.4 Å². The molecule has 1 N–H and O–H groups in total. The van der Waals surface area contributed by atoms with Gasteiger partial charge in [0.2, 0.25) is 5.60 Å². The van der Waals surface area contributed by atoms with Crippen LogP contribution in [0.3, 0.4) is 0 Å². The van der Waals surface area contributed by atoms with Gasteiger partial charge in [0, 0.05) is 55.5 Å². The number of benzene rings is 1. The molecule has 1 saturated carbocycles. The van der Waals surface area contributed by atoms with Crippen LogP contribution < -0.4 is 9.47 Å². The molecule has 0 spiro atoms. The van der Waals surface area contributed by atoms with Gasteiger partial charge in [-0.25, -0.2) is 0 Å². The predicted octanol–water partition coefficient (Wildman–Crippen LogP) is 9.29. The second-order valence-corrected chi connectivity index (χ2v) is 16.6. The summed E-state index contributed by atoms with van der Waals surface area (Å²) in [5.41, 5.74) is -5.20. The van der Waals surface area contributed by atoms with Gasteiger partial charge in [0.05, 0.1) is 40.7 Å². The number of para-hydroxylation sites is 1. The third kappa shape index (κ3) is 8.88. The van der Waals surface area contributed by atoms with E-state index in [2.05, 4.69) is 11.1 Å². The highest BCUT2D eigenvalue weighted by Gasteiger charge is 2.57. The van der Waals surface area contributed by atoms with Gasteiger partial charge in [-0.3, -0.25) is 19.4 Å². The Balaban J connectivity index is 1.28. The summed E-state index contributed by atoms with van der Waals surface area (Å²) in [6.07, 6.45) is -3.21. The number of pyridine rings is 1. The van der Waals surface area contributed by atoms with Crippen LogP contribution in [-0.4, -0.2) is 75.6 Å². The van der Waals surface area contributed by atoms with E-state index in [9.17, 15) is 46.3 Å². The van der Waals surface area contributed by atoms with Crippen molar-refractivity contribution in [3.05, 3.63) is 75.7 Å². The molecule has 2 atom stereocenters. The molecular weight excluding hydrogens is 803 g/mol. The number of aliphatic carboxylic acids is 1. The molecule has 1 aromatic carbocycles. The maximum Gasteiger partial charge on any atom is 0.425 e. The van der Waals surface area contributed by atoms with Crippen molar-refractivity contribution in [3.8, 4) is 17.6 Å². The number of piperidine rings is 2. The molecule has 1 aliphatic carbocycles. The van der Waals surface area contributed by atoms with Crippen LogP contribution in [0.1, 0.15) is 110 Å². The first-order valence-corrected chi connectivity index (χ1v) is 20.7. The van der Waals surface area contributed by atoms with E-state index in [1.807, 2.05) is 0 Å². The second-order valence-electron chi connectivity index (χ2n) is 15.7. The number of rotatable bonds is 13. The number of carboxylic acids is 1. The lowest BCUT2D eigenvalue weighted by Gasteiger charge is -2.51. The average molecular weight is 849 g/mol. The standard InChI is InChI=1S/C42H46F6N4O6S/c1-2-9-33-40(58-28-24-34(59-26-28)42(46,47)48,16-7-20-52(33)35(53)29-25-50-19-12-30(29)41(43,44)45)36(54)51-21-17-39(27-49,18-22-51)31-10-3-4-11-32(31)57-23-8-15-38(37(55)56)13-5-6-14-38/h3-4,10-12,19,24-26,33H,2,5-9,13-18,20-23H2,1H3,(H,55,56)/t33-,40+/m1/s1. The molecule has 17 heteroatoms. The Hall–Kier alpha value is -4.85. The Morgan fingerprint density at radius 2 is 1.69 bits per heavy atom. The molecular formula is C42H46F6N4O6S. The Kier molecular flexibility index (Phi) is 12.9. The number of likely N-dealkylation sites (tertiary alicyclic amines) is 2. The number of amides is 2. The maximum absolute atomic E-state index is 15.1. The number of aromatic nitrogens is 1. The fourth-order valence-corrected chi connectivity index (χ4v) is 9.78. The summed E-state index contributed by atoms with van der Waals surface area (Å²) in [6, 6.07) is 9.77. The molecule has 0 bridgehead atoms. The fraction of sp³-hybridized carbons (Fsp3) is 0.548. The third-order valence-corrected chi connectivity index (χ3v) is 13.1. The van der Waals surface area contributed by atoms with Gasteiger partial charge >= 0.3 is 18.3 Å². The Bertz CT molecular complexity index is 2040. The SMILES string of the molecule is CCC[C@H]1N(C(=O)c2cnccc2C(F)(F)F)CCC[C@@]1(Oc1csc(C(F)(F)F)c1)C(=O)N1CCC(C#N)(c2ccccc2OCCCC2(C(=O)O)CCCC2)CC1. The third-order valence-electron chi connectivity index (χ3n) is 12.2. The first kappa shape index (κ1) is 43.7. The molecule has 2 aromatic heterocycles. The molecule has 3 aromatic rings. The smallest absolute Gasteiger partial charge is 0.425 e. The molecule has 3 aliphatic rings. The van der Waals surface area contributed by atoms with Crippen molar-refractivity contribution < 1.29 is 55.3 Å². The summed E-state index contributed by atoms with van der Waals surface area (Å²) >= 11 is 0.367. The van der Waals surface area contributed by atoms with Gasteiger partial charge in [-0.05, 0) is 63.5 Å². The van der Waals surface area contributed by atoms with Crippen molar-refractivity contribution in [3.63, 3.8) is 0 Å². The Labute approximate surface area is 342 Å². The number of ether oxygens (including phenoxy) is 2. The molecule has 2 saturated heterocycles. The number of halogens is 6. The summed E-state index contributed by atoms with van der Waals surface area (Å²) in [4.78, 5) is 46.7. The lowest BCUT2D eigenvalue weighted by atomic mass is 9.72. The van der Waals surface area contributed by atoms with Gasteiger partial charge in [0.15, 0.2) is 0 Å². The van der Waals surface area contributed by atoms with Crippen molar-refractivity contribution in [2.24, 2.45) is 5.41 Å². The Morgan fingerprint density at radius 3 is 2.32 bits per heavy atom. The molecule has 0 radical (unpaired) electrons. The number of alkyl halides is 6. The van der Waals surface area contributed by atoms with Crippen molar-refractivity contribution in [1.82, 2.24) is 14.8 Å². The predicted molar refractivity (Wildman–Crippen MR) is 204 cm³/mol. The number of hydrogen-bond acceptors (Lipinski definition) is 8. The quantitative estimate of drug-likeness (QED) is 0.133. The first-order chi connectivity index (χ1) is 28.0. The van der Waals surface area contributed by atoms with Crippen molar-refractivity contribution >= 4 is 29.1 Å². The minimum absolute atomic E-state index is 0.0119. The van der Waals surface area contributed by atoms with Crippen LogP contribution >= 0.6 is 11.3 Å². The topological polar surface area (TPSA) is 133 Å². The van der Waals surface area contributed by atoms with Crippen LogP contribution in [0.4, 0.5) is 26.3 Å².